The van der Waals surface area contributed by atoms with Crippen LogP contribution in [0.25, 0.3) is 16.6 Å². The average molecular weight is 266 g/mol. The first-order valence-electron chi connectivity index (χ1n) is 6.54. The molecule has 1 N–H and O–H groups in total. The minimum absolute atomic E-state index is 0.287. The summed E-state index contributed by atoms with van der Waals surface area (Å²) < 4.78 is 1.21. The van der Waals surface area contributed by atoms with Crippen LogP contribution in [0.5, 0.6) is 0 Å². The Morgan fingerprint density at radius 3 is 2.50 bits per heavy atom. The van der Waals surface area contributed by atoms with Crippen LogP contribution < -0.4 is 11.2 Å². The summed E-state index contributed by atoms with van der Waals surface area (Å²) in [7, 11) is 0. The van der Waals surface area contributed by atoms with E-state index in [0.29, 0.717) is 16.6 Å². The molecule has 0 amide bonds. The van der Waals surface area contributed by atoms with Gasteiger partial charge in [0.25, 0.3) is 5.56 Å². The van der Waals surface area contributed by atoms with Crippen LogP contribution in [0.4, 0.5) is 0 Å². The van der Waals surface area contributed by atoms with E-state index in [1.807, 2.05) is 25.1 Å². The van der Waals surface area contributed by atoms with E-state index >= 15 is 0 Å². The average Bonchev–Trinajstić information content (AvgIpc) is 2.48. The number of aromatic nitrogens is 2. The summed E-state index contributed by atoms with van der Waals surface area (Å²) in [5, 5.41) is 0.512. The van der Waals surface area contributed by atoms with Gasteiger partial charge in [-0.15, -0.1) is 0 Å². The molecule has 0 bridgehead atoms. The second kappa shape index (κ2) is 4.81. The second-order valence-electron chi connectivity index (χ2n) is 4.60. The van der Waals surface area contributed by atoms with Crippen molar-refractivity contribution in [2.75, 3.05) is 0 Å². The van der Waals surface area contributed by atoms with Gasteiger partial charge in [0.2, 0.25) is 0 Å². The lowest BCUT2D eigenvalue weighted by molar-refractivity contribution is 0.883. The molecule has 0 unspecified atom stereocenters. The Bertz CT molecular complexity index is 891. The van der Waals surface area contributed by atoms with Gasteiger partial charge in [-0.2, -0.15) is 0 Å². The third kappa shape index (κ3) is 1.86. The predicted molar refractivity (Wildman–Crippen MR) is 79.5 cm³/mol. The highest BCUT2D eigenvalue weighted by molar-refractivity contribution is 5.77. The van der Waals surface area contributed by atoms with Gasteiger partial charge in [0.15, 0.2) is 0 Å². The van der Waals surface area contributed by atoms with Crippen LogP contribution in [0.15, 0.2) is 58.1 Å². The lowest BCUT2D eigenvalue weighted by Crippen LogP contribution is -2.34. The topological polar surface area (TPSA) is 54.9 Å². The number of H-pyrrole nitrogens is 1. The summed E-state index contributed by atoms with van der Waals surface area (Å²) in [5.74, 6) is 0. The molecule has 3 aromatic rings. The summed E-state index contributed by atoms with van der Waals surface area (Å²) in [6, 6.07) is 14.5. The predicted octanol–water partition coefficient (Wildman–Crippen LogP) is 2.24. The molecule has 1 aromatic heterocycles. The molecule has 20 heavy (non-hydrogen) atoms. The highest BCUT2D eigenvalue weighted by Gasteiger charge is 2.11. The number of nitrogens with one attached hydrogen (secondary N) is 1. The van der Waals surface area contributed by atoms with Crippen LogP contribution in [-0.2, 0) is 6.42 Å². The molecular weight excluding hydrogens is 252 g/mol. The molecule has 0 spiro atoms. The molecule has 0 aliphatic heterocycles. The SMILES string of the molecule is CCc1ccccc1-n1c(=O)[nH]c2ccccc2c1=O. The van der Waals surface area contributed by atoms with Gasteiger partial charge in [-0.3, -0.25) is 4.79 Å². The van der Waals surface area contributed by atoms with Gasteiger partial charge < -0.3 is 4.98 Å². The quantitative estimate of drug-likeness (QED) is 0.773. The van der Waals surface area contributed by atoms with E-state index in [1.165, 1.54) is 4.57 Å². The maximum Gasteiger partial charge on any atom is 0.333 e. The normalized spacial score (nSPS) is 10.8. The van der Waals surface area contributed by atoms with Crippen molar-refractivity contribution < 1.29 is 0 Å². The Morgan fingerprint density at radius 1 is 1.00 bits per heavy atom. The molecule has 0 aliphatic carbocycles. The smallest absolute Gasteiger partial charge is 0.306 e. The van der Waals surface area contributed by atoms with Crippen molar-refractivity contribution in [2.45, 2.75) is 13.3 Å². The number of hydrogen-bond donors (Lipinski definition) is 1. The Hall–Kier alpha value is -2.62. The number of aryl methyl sites for hydroxylation is 1. The number of benzene rings is 2. The highest BCUT2D eigenvalue weighted by Crippen LogP contribution is 2.12. The van der Waals surface area contributed by atoms with Crippen molar-refractivity contribution >= 4 is 10.9 Å². The fraction of sp³-hybridized carbons (Fsp3) is 0.125. The van der Waals surface area contributed by atoms with E-state index in [0.717, 1.165) is 12.0 Å². The lowest BCUT2D eigenvalue weighted by Gasteiger charge is -2.10. The second-order valence-corrected chi connectivity index (χ2v) is 4.60. The number of hydrogen-bond acceptors (Lipinski definition) is 2. The van der Waals surface area contributed by atoms with E-state index < -0.39 is 5.69 Å². The summed E-state index contributed by atoms with van der Waals surface area (Å²) in [4.78, 5) is 27.5. The molecule has 4 heteroatoms. The first kappa shape index (κ1) is 12.4. The molecule has 2 aromatic carbocycles. The van der Waals surface area contributed by atoms with E-state index in [9.17, 15) is 9.59 Å². The van der Waals surface area contributed by atoms with Gasteiger partial charge in [0.1, 0.15) is 0 Å². The molecule has 1 heterocycles. The molecule has 100 valence electrons. The van der Waals surface area contributed by atoms with Crippen LogP contribution in [0.3, 0.4) is 0 Å². The zero-order valence-electron chi connectivity index (χ0n) is 11.1. The van der Waals surface area contributed by atoms with Crippen molar-refractivity contribution in [1.82, 2.24) is 9.55 Å². The summed E-state index contributed by atoms with van der Waals surface area (Å²) in [5.41, 5.74) is 1.48. The highest BCUT2D eigenvalue weighted by atomic mass is 16.2. The van der Waals surface area contributed by atoms with E-state index in [2.05, 4.69) is 4.98 Å². The standard InChI is InChI=1S/C16H14N2O2/c1-2-11-7-3-6-10-14(11)18-15(19)12-8-4-5-9-13(12)17-16(18)20/h3-10H,2H2,1H3,(H,17,20). The van der Waals surface area contributed by atoms with Crippen LogP contribution in [0.1, 0.15) is 12.5 Å². The maximum absolute atomic E-state index is 12.6. The number of fused-ring (bicyclic) bond motifs is 1. The molecule has 4 nitrogen and oxygen atoms in total. The van der Waals surface area contributed by atoms with E-state index in [4.69, 9.17) is 0 Å². The molecule has 0 radical (unpaired) electrons. The van der Waals surface area contributed by atoms with Gasteiger partial charge in [-0.25, -0.2) is 9.36 Å². The van der Waals surface area contributed by atoms with Gasteiger partial charge in [0.05, 0.1) is 16.6 Å². The van der Waals surface area contributed by atoms with Gasteiger partial charge in [-0.1, -0.05) is 37.3 Å². The largest absolute Gasteiger partial charge is 0.333 e. The minimum Gasteiger partial charge on any atom is -0.306 e. The van der Waals surface area contributed by atoms with Gasteiger partial charge in [-0.05, 0) is 30.2 Å². The van der Waals surface area contributed by atoms with Crippen molar-refractivity contribution in [2.24, 2.45) is 0 Å². The zero-order chi connectivity index (χ0) is 14.1. The summed E-state index contributed by atoms with van der Waals surface area (Å²) >= 11 is 0. The Kier molecular flexibility index (Phi) is 2.99. The number of para-hydroxylation sites is 2. The van der Waals surface area contributed by atoms with Crippen molar-refractivity contribution in [3.05, 3.63) is 74.9 Å². The zero-order valence-corrected chi connectivity index (χ0v) is 11.1. The fourth-order valence-electron chi connectivity index (χ4n) is 2.41. The number of rotatable bonds is 2. The third-order valence-electron chi connectivity index (χ3n) is 3.42. The molecular formula is C16H14N2O2. The number of aromatic amines is 1. The molecule has 0 fully saturated rings. The summed E-state index contributed by atoms with van der Waals surface area (Å²) in [6.07, 6.45) is 0.759. The first-order chi connectivity index (χ1) is 9.72. The Balaban J connectivity index is 2.43. The molecule has 0 atom stereocenters. The van der Waals surface area contributed by atoms with Crippen LogP contribution >= 0.6 is 0 Å². The van der Waals surface area contributed by atoms with Crippen molar-refractivity contribution in [3.8, 4) is 5.69 Å². The van der Waals surface area contributed by atoms with Gasteiger partial charge in [0, 0.05) is 0 Å². The molecule has 0 saturated carbocycles. The van der Waals surface area contributed by atoms with Crippen molar-refractivity contribution in [3.63, 3.8) is 0 Å². The third-order valence-corrected chi connectivity index (χ3v) is 3.42. The molecule has 0 aliphatic rings. The monoisotopic (exact) mass is 266 g/mol. The van der Waals surface area contributed by atoms with E-state index in [1.54, 1.807) is 30.3 Å². The van der Waals surface area contributed by atoms with E-state index in [-0.39, 0.29) is 5.56 Å². The first-order valence-corrected chi connectivity index (χ1v) is 6.54. The minimum atomic E-state index is -0.408. The number of nitrogens with zero attached hydrogens (tertiary/aromatic N) is 1. The fourth-order valence-corrected chi connectivity index (χ4v) is 2.41. The van der Waals surface area contributed by atoms with Crippen LogP contribution in [-0.4, -0.2) is 9.55 Å². The molecule has 3 rings (SSSR count). The lowest BCUT2D eigenvalue weighted by atomic mass is 10.1. The van der Waals surface area contributed by atoms with Crippen LogP contribution in [0, 0.1) is 0 Å². The Morgan fingerprint density at radius 2 is 1.70 bits per heavy atom. The maximum atomic E-state index is 12.6. The Labute approximate surface area is 115 Å². The van der Waals surface area contributed by atoms with Crippen molar-refractivity contribution in [1.29, 1.82) is 0 Å². The molecule has 0 saturated heterocycles. The van der Waals surface area contributed by atoms with Gasteiger partial charge >= 0.3 is 5.69 Å². The van der Waals surface area contributed by atoms with Crippen LogP contribution in [0.2, 0.25) is 0 Å². The summed E-state index contributed by atoms with van der Waals surface area (Å²) in [6.45, 7) is 2.00.